The second kappa shape index (κ2) is 3.34. The van der Waals surface area contributed by atoms with Gasteiger partial charge in [-0.2, -0.15) is 12.7 Å². The number of aromatic amines is 2. The molecule has 7 nitrogen and oxygen atoms in total. The van der Waals surface area contributed by atoms with E-state index in [0.717, 1.165) is 0 Å². The molecule has 0 saturated carbocycles. The van der Waals surface area contributed by atoms with E-state index in [2.05, 4.69) is 14.7 Å². The fourth-order valence-corrected chi connectivity index (χ4v) is 2.71. The number of nitrogens with one attached hydrogen (secondary N) is 3. The van der Waals surface area contributed by atoms with Gasteiger partial charge in [0, 0.05) is 13.1 Å². The van der Waals surface area contributed by atoms with Gasteiger partial charge in [-0.15, -0.1) is 0 Å². The molecule has 0 radical (unpaired) electrons. The molecule has 0 bridgehead atoms. The van der Waals surface area contributed by atoms with Gasteiger partial charge in [0.1, 0.15) is 0 Å². The van der Waals surface area contributed by atoms with Crippen LogP contribution in [0, 0.1) is 0 Å². The number of hydrogen-bond donors (Lipinski definition) is 3. The van der Waals surface area contributed by atoms with Crippen LogP contribution in [0.5, 0.6) is 0 Å². The summed E-state index contributed by atoms with van der Waals surface area (Å²) in [5.41, 5.74) is 1.33. The first kappa shape index (κ1) is 10.4. The molecule has 3 rings (SSSR count). The molecule has 1 fully saturated rings. The van der Waals surface area contributed by atoms with E-state index in [-0.39, 0.29) is 5.69 Å². The molecular formula is C9H10N4O3S. The maximum absolute atomic E-state index is 11.6. The van der Waals surface area contributed by atoms with Crippen molar-refractivity contribution >= 4 is 26.9 Å². The van der Waals surface area contributed by atoms with Crippen molar-refractivity contribution in [2.75, 3.05) is 17.8 Å². The molecule has 1 aromatic carbocycles. The van der Waals surface area contributed by atoms with Gasteiger partial charge in [-0.05, 0) is 18.2 Å². The van der Waals surface area contributed by atoms with Gasteiger partial charge >= 0.3 is 15.9 Å². The zero-order valence-electron chi connectivity index (χ0n) is 8.73. The molecule has 0 unspecified atom stereocenters. The molecule has 0 aliphatic carbocycles. The van der Waals surface area contributed by atoms with E-state index in [0.29, 0.717) is 29.8 Å². The van der Waals surface area contributed by atoms with Gasteiger partial charge in [-0.25, -0.2) is 4.79 Å². The van der Waals surface area contributed by atoms with Gasteiger partial charge in [0.2, 0.25) is 0 Å². The fraction of sp³-hybridized carbons (Fsp3) is 0.222. The van der Waals surface area contributed by atoms with Crippen molar-refractivity contribution in [3.8, 4) is 0 Å². The van der Waals surface area contributed by atoms with Gasteiger partial charge in [0.25, 0.3) is 0 Å². The molecule has 0 atom stereocenters. The fourth-order valence-electron chi connectivity index (χ4n) is 1.59. The van der Waals surface area contributed by atoms with Crippen LogP contribution in [0.25, 0.3) is 11.0 Å². The summed E-state index contributed by atoms with van der Waals surface area (Å²) in [5, 5.41) is 0. The largest absolute Gasteiger partial charge is 0.323 e. The number of imidazole rings is 1. The summed E-state index contributed by atoms with van der Waals surface area (Å²) in [7, 11) is -3.42. The molecule has 2 aromatic rings. The van der Waals surface area contributed by atoms with Crippen molar-refractivity contribution in [1.82, 2.24) is 14.3 Å². The van der Waals surface area contributed by atoms with Gasteiger partial charge in [-0.3, -0.25) is 4.72 Å². The maximum Gasteiger partial charge on any atom is 0.323 e. The topological polar surface area (TPSA) is 97.8 Å². The van der Waals surface area contributed by atoms with Gasteiger partial charge in [-0.1, -0.05) is 0 Å². The second-order valence-corrected chi connectivity index (χ2v) is 5.52. The van der Waals surface area contributed by atoms with Crippen LogP contribution in [0.3, 0.4) is 0 Å². The normalized spacial score (nSPS) is 16.2. The minimum Gasteiger partial charge on any atom is -0.306 e. The molecule has 1 aromatic heterocycles. The number of aromatic nitrogens is 2. The number of hydrogen-bond acceptors (Lipinski definition) is 3. The monoisotopic (exact) mass is 254 g/mol. The Morgan fingerprint density at radius 2 is 1.88 bits per heavy atom. The van der Waals surface area contributed by atoms with Crippen molar-refractivity contribution in [1.29, 1.82) is 0 Å². The summed E-state index contributed by atoms with van der Waals surface area (Å²) in [6, 6.07) is 4.83. The van der Waals surface area contributed by atoms with Crippen LogP contribution in [0.15, 0.2) is 23.0 Å². The standard InChI is InChI=1S/C9H10N4O3S/c14-9-10-7-2-1-6(5-8(7)11-9)12-17(15,16)13-3-4-13/h1-2,5,12H,3-4H2,(H2,10,11,14). The quantitative estimate of drug-likeness (QED) is 0.663. The second-order valence-electron chi connectivity index (χ2n) is 3.85. The molecule has 17 heavy (non-hydrogen) atoms. The smallest absolute Gasteiger partial charge is 0.306 e. The highest BCUT2D eigenvalue weighted by molar-refractivity contribution is 7.90. The van der Waals surface area contributed by atoms with Crippen LogP contribution in [-0.4, -0.2) is 35.8 Å². The van der Waals surface area contributed by atoms with Crippen LogP contribution in [0.2, 0.25) is 0 Å². The van der Waals surface area contributed by atoms with Gasteiger partial charge in [0.15, 0.2) is 0 Å². The minimum absolute atomic E-state index is 0.314. The Balaban J connectivity index is 1.98. The molecule has 1 aliphatic rings. The molecule has 0 amide bonds. The SMILES string of the molecule is O=c1[nH]c2ccc(NS(=O)(=O)N3CC3)cc2[nH]1. The Morgan fingerprint density at radius 1 is 1.18 bits per heavy atom. The molecule has 3 N–H and O–H groups in total. The Hall–Kier alpha value is -1.80. The van der Waals surface area contributed by atoms with Crippen LogP contribution < -0.4 is 10.4 Å². The van der Waals surface area contributed by atoms with Crippen molar-refractivity contribution in [2.45, 2.75) is 0 Å². The first-order valence-corrected chi connectivity index (χ1v) is 6.48. The lowest BCUT2D eigenvalue weighted by molar-refractivity contribution is 0.569. The van der Waals surface area contributed by atoms with Crippen LogP contribution in [-0.2, 0) is 10.2 Å². The lowest BCUT2D eigenvalue weighted by atomic mass is 10.3. The Morgan fingerprint density at radius 3 is 2.59 bits per heavy atom. The van der Waals surface area contributed by atoms with E-state index in [1.807, 2.05) is 0 Å². The number of rotatable bonds is 3. The number of nitrogens with zero attached hydrogens (tertiary/aromatic N) is 1. The van der Waals surface area contributed by atoms with E-state index in [1.165, 1.54) is 4.31 Å². The number of anilines is 1. The zero-order chi connectivity index (χ0) is 12.0. The van der Waals surface area contributed by atoms with Gasteiger partial charge in [0.05, 0.1) is 16.7 Å². The predicted molar refractivity (Wildman–Crippen MR) is 63.0 cm³/mol. The predicted octanol–water partition coefficient (Wildman–Crippen LogP) is -0.172. The summed E-state index contributed by atoms with van der Waals surface area (Å²) in [6.07, 6.45) is 0. The molecule has 1 aliphatic heterocycles. The lowest BCUT2D eigenvalue weighted by Crippen LogP contribution is -2.20. The van der Waals surface area contributed by atoms with Crippen LogP contribution in [0.4, 0.5) is 5.69 Å². The summed E-state index contributed by atoms with van der Waals surface area (Å²) < 4.78 is 27.0. The van der Waals surface area contributed by atoms with Gasteiger partial charge < -0.3 is 9.97 Å². The third kappa shape index (κ3) is 1.92. The van der Waals surface area contributed by atoms with E-state index < -0.39 is 10.2 Å². The molecule has 8 heteroatoms. The minimum atomic E-state index is -3.42. The van der Waals surface area contributed by atoms with E-state index in [4.69, 9.17) is 0 Å². The summed E-state index contributed by atoms with van der Waals surface area (Å²) in [6.45, 7) is 1.11. The summed E-state index contributed by atoms with van der Waals surface area (Å²) in [5.74, 6) is 0. The molecule has 0 spiro atoms. The van der Waals surface area contributed by atoms with E-state index in [1.54, 1.807) is 18.2 Å². The van der Waals surface area contributed by atoms with Crippen molar-refractivity contribution in [2.24, 2.45) is 0 Å². The zero-order valence-corrected chi connectivity index (χ0v) is 9.54. The average Bonchev–Trinajstić information content (AvgIpc) is 3.01. The number of benzene rings is 1. The highest BCUT2D eigenvalue weighted by Gasteiger charge is 2.31. The molecule has 90 valence electrons. The third-order valence-electron chi connectivity index (χ3n) is 2.51. The highest BCUT2D eigenvalue weighted by atomic mass is 32.2. The number of fused-ring (bicyclic) bond motifs is 1. The molecule has 1 saturated heterocycles. The third-order valence-corrected chi connectivity index (χ3v) is 4.05. The molecular weight excluding hydrogens is 244 g/mol. The summed E-state index contributed by atoms with van der Waals surface area (Å²) in [4.78, 5) is 16.2. The van der Waals surface area contributed by atoms with Crippen LogP contribution in [0.1, 0.15) is 0 Å². The lowest BCUT2D eigenvalue weighted by Gasteiger charge is -2.07. The Kier molecular flexibility index (Phi) is 2.04. The maximum atomic E-state index is 11.6. The van der Waals surface area contributed by atoms with Crippen molar-refractivity contribution < 1.29 is 8.42 Å². The summed E-state index contributed by atoms with van der Waals surface area (Å²) >= 11 is 0. The first-order chi connectivity index (χ1) is 8.04. The average molecular weight is 254 g/mol. The van der Waals surface area contributed by atoms with E-state index >= 15 is 0 Å². The van der Waals surface area contributed by atoms with E-state index in [9.17, 15) is 13.2 Å². The van der Waals surface area contributed by atoms with Crippen LogP contribution >= 0.6 is 0 Å². The van der Waals surface area contributed by atoms with Crippen molar-refractivity contribution in [3.63, 3.8) is 0 Å². The Bertz CT molecular complexity index is 726. The Labute approximate surface area is 96.6 Å². The number of H-pyrrole nitrogens is 2. The first-order valence-electron chi connectivity index (χ1n) is 5.04. The highest BCUT2D eigenvalue weighted by Crippen LogP contribution is 2.19. The van der Waals surface area contributed by atoms with Crippen molar-refractivity contribution in [3.05, 3.63) is 28.7 Å². The molecule has 2 heterocycles.